The molecule has 3 nitrogen and oxygen atoms in total. The van der Waals surface area contributed by atoms with E-state index >= 15 is 0 Å². The zero-order valence-electron chi connectivity index (χ0n) is 11.1. The van der Waals surface area contributed by atoms with Gasteiger partial charge < -0.3 is 9.84 Å². The second kappa shape index (κ2) is 6.88. The standard InChI is InChI=1S/C15H23NO2/c1-18-15-12-16(9-7-14(15)8-10-17)11-13-5-3-2-4-6-13/h2-6,14-15,17H,7-12H2,1H3/t14-,15-/m0/s1. The van der Waals surface area contributed by atoms with E-state index in [4.69, 9.17) is 9.84 Å². The Morgan fingerprint density at radius 2 is 2.11 bits per heavy atom. The third-order valence-corrected chi connectivity index (χ3v) is 3.83. The molecule has 1 fully saturated rings. The highest BCUT2D eigenvalue weighted by molar-refractivity contribution is 5.14. The molecule has 0 amide bonds. The van der Waals surface area contributed by atoms with Gasteiger partial charge in [-0.15, -0.1) is 0 Å². The average molecular weight is 249 g/mol. The number of rotatable bonds is 5. The molecule has 1 aliphatic heterocycles. The molecule has 100 valence electrons. The fraction of sp³-hybridized carbons (Fsp3) is 0.600. The zero-order chi connectivity index (χ0) is 12.8. The Morgan fingerprint density at radius 3 is 2.78 bits per heavy atom. The predicted molar refractivity (Wildman–Crippen MR) is 72.3 cm³/mol. The van der Waals surface area contributed by atoms with Crippen molar-refractivity contribution in [1.82, 2.24) is 4.90 Å². The number of hydrogen-bond acceptors (Lipinski definition) is 3. The molecular weight excluding hydrogens is 226 g/mol. The molecule has 3 heteroatoms. The lowest BCUT2D eigenvalue weighted by Crippen LogP contribution is -2.44. The highest BCUT2D eigenvalue weighted by Crippen LogP contribution is 2.24. The van der Waals surface area contributed by atoms with E-state index < -0.39 is 0 Å². The predicted octanol–water partition coefficient (Wildman–Crippen LogP) is 1.91. The number of likely N-dealkylation sites (tertiary alicyclic amines) is 1. The van der Waals surface area contributed by atoms with Crippen molar-refractivity contribution in [3.8, 4) is 0 Å². The summed E-state index contributed by atoms with van der Waals surface area (Å²) in [5, 5.41) is 9.06. The topological polar surface area (TPSA) is 32.7 Å². The lowest BCUT2D eigenvalue weighted by molar-refractivity contribution is -0.0210. The summed E-state index contributed by atoms with van der Waals surface area (Å²) in [6, 6.07) is 10.6. The first-order chi connectivity index (χ1) is 8.83. The highest BCUT2D eigenvalue weighted by Gasteiger charge is 2.28. The van der Waals surface area contributed by atoms with Crippen LogP contribution in [0.5, 0.6) is 0 Å². The Kier molecular flexibility index (Phi) is 5.17. The van der Waals surface area contributed by atoms with Crippen LogP contribution in [-0.4, -0.2) is 42.9 Å². The molecule has 0 radical (unpaired) electrons. The van der Waals surface area contributed by atoms with Crippen LogP contribution in [0.4, 0.5) is 0 Å². The molecule has 0 aliphatic carbocycles. The average Bonchev–Trinajstić information content (AvgIpc) is 2.42. The maximum absolute atomic E-state index is 9.06. The van der Waals surface area contributed by atoms with E-state index in [1.807, 2.05) is 0 Å². The van der Waals surface area contributed by atoms with Crippen LogP contribution < -0.4 is 0 Å². The summed E-state index contributed by atoms with van der Waals surface area (Å²) in [4.78, 5) is 2.44. The third kappa shape index (κ3) is 3.55. The van der Waals surface area contributed by atoms with Gasteiger partial charge in [-0.2, -0.15) is 0 Å². The molecule has 1 heterocycles. The summed E-state index contributed by atoms with van der Waals surface area (Å²) in [5.74, 6) is 0.507. The first-order valence-electron chi connectivity index (χ1n) is 6.73. The number of aliphatic hydroxyl groups is 1. The Balaban J connectivity index is 1.89. The highest BCUT2D eigenvalue weighted by atomic mass is 16.5. The fourth-order valence-corrected chi connectivity index (χ4v) is 2.78. The minimum Gasteiger partial charge on any atom is -0.396 e. The molecular formula is C15H23NO2. The first-order valence-corrected chi connectivity index (χ1v) is 6.73. The summed E-state index contributed by atoms with van der Waals surface area (Å²) in [6.07, 6.45) is 2.23. The molecule has 2 atom stereocenters. The maximum Gasteiger partial charge on any atom is 0.0727 e. The van der Waals surface area contributed by atoms with Gasteiger partial charge in [-0.1, -0.05) is 30.3 Å². The van der Waals surface area contributed by atoms with Crippen molar-refractivity contribution >= 4 is 0 Å². The Morgan fingerprint density at radius 1 is 1.33 bits per heavy atom. The van der Waals surface area contributed by atoms with Crippen LogP contribution in [0.1, 0.15) is 18.4 Å². The Hall–Kier alpha value is -0.900. The van der Waals surface area contributed by atoms with Crippen molar-refractivity contribution in [2.75, 3.05) is 26.8 Å². The van der Waals surface area contributed by atoms with E-state index in [1.165, 1.54) is 5.56 Å². The normalized spacial score (nSPS) is 25.2. The van der Waals surface area contributed by atoms with Gasteiger partial charge in [0.2, 0.25) is 0 Å². The molecule has 0 spiro atoms. The molecule has 1 aliphatic rings. The molecule has 0 aromatic heterocycles. The molecule has 2 rings (SSSR count). The van der Waals surface area contributed by atoms with E-state index in [0.29, 0.717) is 5.92 Å². The van der Waals surface area contributed by atoms with Crippen molar-refractivity contribution < 1.29 is 9.84 Å². The van der Waals surface area contributed by atoms with Gasteiger partial charge in [0, 0.05) is 26.8 Å². The van der Waals surface area contributed by atoms with Crippen LogP contribution >= 0.6 is 0 Å². The summed E-state index contributed by atoms with van der Waals surface area (Å²) in [6.45, 7) is 3.32. The Bertz CT molecular complexity index is 342. The number of nitrogens with zero attached hydrogens (tertiary/aromatic N) is 1. The summed E-state index contributed by atoms with van der Waals surface area (Å²) >= 11 is 0. The van der Waals surface area contributed by atoms with Crippen molar-refractivity contribution in [2.24, 2.45) is 5.92 Å². The third-order valence-electron chi connectivity index (χ3n) is 3.83. The number of aliphatic hydroxyl groups excluding tert-OH is 1. The lowest BCUT2D eigenvalue weighted by Gasteiger charge is -2.37. The largest absolute Gasteiger partial charge is 0.396 e. The Labute approximate surface area is 109 Å². The van der Waals surface area contributed by atoms with Gasteiger partial charge in [0.25, 0.3) is 0 Å². The van der Waals surface area contributed by atoms with Crippen LogP contribution in [0.2, 0.25) is 0 Å². The molecule has 1 aromatic rings. The molecule has 0 unspecified atom stereocenters. The van der Waals surface area contributed by atoms with Crippen molar-refractivity contribution in [2.45, 2.75) is 25.5 Å². The molecule has 0 bridgehead atoms. The van der Waals surface area contributed by atoms with E-state index in [1.54, 1.807) is 7.11 Å². The number of ether oxygens (including phenoxy) is 1. The second-order valence-electron chi connectivity index (χ2n) is 5.06. The molecule has 18 heavy (non-hydrogen) atoms. The molecule has 0 saturated carbocycles. The van der Waals surface area contributed by atoms with E-state index in [2.05, 4.69) is 35.2 Å². The van der Waals surface area contributed by atoms with Gasteiger partial charge in [-0.3, -0.25) is 4.90 Å². The summed E-state index contributed by atoms with van der Waals surface area (Å²) < 4.78 is 5.57. The van der Waals surface area contributed by atoms with Gasteiger partial charge in [0.05, 0.1) is 6.10 Å². The number of piperidine rings is 1. The first kappa shape index (κ1) is 13.5. The van der Waals surface area contributed by atoms with Gasteiger partial charge >= 0.3 is 0 Å². The SMILES string of the molecule is CO[C@H]1CN(Cc2ccccc2)CC[C@H]1CCO. The van der Waals surface area contributed by atoms with E-state index in [0.717, 1.165) is 32.5 Å². The van der Waals surface area contributed by atoms with Crippen molar-refractivity contribution in [3.63, 3.8) is 0 Å². The van der Waals surface area contributed by atoms with Crippen molar-refractivity contribution in [3.05, 3.63) is 35.9 Å². The monoisotopic (exact) mass is 249 g/mol. The summed E-state index contributed by atoms with van der Waals surface area (Å²) in [7, 11) is 1.78. The van der Waals surface area contributed by atoms with Gasteiger partial charge in [0.15, 0.2) is 0 Å². The quantitative estimate of drug-likeness (QED) is 0.865. The van der Waals surface area contributed by atoms with Gasteiger partial charge in [0.1, 0.15) is 0 Å². The minimum atomic E-state index is 0.259. The van der Waals surface area contributed by atoms with Gasteiger partial charge in [-0.05, 0) is 30.9 Å². The zero-order valence-corrected chi connectivity index (χ0v) is 11.1. The molecule has 1 aromatic carbocycles. The van der Waals surface area contributed by atoms with Crippen LogP contribution in [0, 0.1) is 5.92 Å². The number of methoxy groups -OCH3 is 1. The second-order valence-corrected chi connectivity index (χ2v) is 5.06. The van der Waals surface area contributed by atoms with E-state index in [-0.39, 0.29) is 12.7 Å². The van der Waals surface area contributed by atoms with E-state index in [9.17, 15) is 0 Å². The lowest BCUT2D eigenvalue weighted by atomic mass is 9.90. The van der Waals surface area contributed by atoms with Crippen LogP contribution in [0.25, 0.3) is 0 Å². The molecule has 1 saturated heterocycles. The number of benzene rings is 1. The summed E-state index contributed by atoms with van der Waals surface area (Å²) in [5.41, 5.74) is 1.35. The van der Waals surface area contributed by atoms with Crippen LogP contribution in [-0.2, 0) is 11.3 Å². The van der Waals surface area contributed by atoms with Crippen LogP contribution in [0.3, 0.4) is 0 Å². The number of hydrogen-bond donors (Lipinski definition) is 1. The fourth-order valence-electron chi connectivity index (χ4n) is 2.78. The maximum atomic E-state index is 9.06. The van der Waals surface area contributed by atoms with Crippen LogP contribution in [0.15, 0.2) is 30.3 Å². The molecule has 1 N–H and O–H groups in total. The van der Waals surface area contributed by atoms with Crippen molar-refractivity contribution in [1.29, 1.82) is 0 Å². The smallest absolute Gasteiger partial charge is 0.0727 e. The minimum absolute atomic E-state index is 0.259. The van der Waals surface area contributed by atoms with Gasteiger partial charge in [-0.25, -0.2) is 0 Å².